The molecule has 1 aromatic heterocycles. The van der Waals surface area contributed by atoms with Crippen molar-refractivity contribution in [2.24, 2.45) is 0 Å². The molecule has 22 heavy (non-hydrogen) atoms. The van der Waals surface area contributed by atoms with E-state index in [-0.39, 0.29) is 5.91 Å². The van der Waals surface area contributed by atoms with Crippen molar-refractivity contribution in [1.82, 2.24) is 9.97 Å². The van der Waals surface area contributed by atoms with E-state index in [2.05, 4.69) is 20.2 Å². The lowest BCUT2D eigenvalue weighted by atomic mass is 10.1. The minimum Gasteiger partial charge on any atom is -0.357 e. The molecule has 5 nitrogen and oxygen atoms in total. The van der Waals surface area contributed by atoms with Gasteiger partial charge in [-0.2, -0.15) is 0 Å². The van der Waals surface area contributed by atoms with Gasteiger partial charge in [-0.1, -0.05) is 12.1 Å². The predicted molar refractivity (Wildman–Crippen MR) is 87.3 cm³/mol. The van der Waals surface area contributed by atoms with E-state index in [1.807, 2.05) is 32.0 Å². The van der Waals surface area contributed by atoms with Gasteiger partial charge in [0.1, 0.15) is 17.8 Å². The number of aromatic nitrogens is 2. The van der Waals surface area contributed by atoms with Gasteiger partial charge >= 0.3 is 0 Å². The van der Waals surface area contributed by atoms with E-state index in [1.165, 1.54) is 19.2 Å². The van der Waals surface area contributed by atoms with Crippen LogP contribution in [0.5, 0.6) is 0 Å². The lowest BCUT2D eigenvalue weighted by Gasteiger charge is -2.16. The second-order valence-electron chi connectivity index (χ2n) is 5.66. The molecule has 1 N–H and O–H groups in total. The molecule has 0 saturated carbocycles. The summed E-state index contributed by atoms with van der Waals surface area (Å²) in [5.41, 5.74) is 3.45. The first-order chi connectivity index (χ1) is 10.6. The van der Waals surface area contributed by atoms with Gasteiger partial charge in [0.25, 0.3) is 5.91 Å². The average molecular weight is 296 g/mol. The van der Waals surface area contributed by atoms with Gasteiger partial charge in [0, 0.05) is 24.8 Å². The summed E-state index contributed by atoms with van der Waals surface area (Å²) < 4.78 is 0. The van der Waals surface area contributed by atoms with Crippen molar-refractivity contribution in [3.05, 3.63) is 47.4 Å². The Morgan fingerprint density at radius 2 is 1.95 bits per heavy atom. The van der Waals surface area contributed by atoms with E-state index < -0.39 is 0 Å². The first-order valence-corrected chi connectivity index (χ1v) is 7.60. The van der Waals surface area contributed by atoms with Crippen LogP contribution >= 0.6 is 0 Å². The van der Waals surface area contributed by atoms with Gasteiger partial charge in [-0.15, -0.1) is 0 Å². The maximum Gasteiger partial charge on any atom is 0.274 e. The molecular weight excluding hydrogens is 276 g/mol. The van der Waals surface area contributed by atoms with Crippen molar-refractivity contribution in [1.29, 1.82) is 0 Å². The van der Waals surface area contributed by atoms with E-state index in [0.29, 0.717) is 5.69 Å². The predicted octanol–water partition coefficient (Wildman–Crippen LogP) is 2.95. The lowest BCUT2D eigenvalue weighted by Crippen LogP contribution is -2.21. The lowest BCUT2D eigenvalue weighted by molar-refractivity contribution is 0.102. The third-order valence-corrected chi connectivity index (χ3v) is 4.17. The monoisotopic (exact) mass is 296 g/mol. The number of amides is 1. The maximum absolute atomic E-state index is 12.4. The van der Waals surface area contributed by atoms with Crippen molar-refractivity contribution >= 4 is 17.4 Å². The number of rotatable bonds is 3. The number of aryl methyl sites for hydroxylation is 1. The smallest absolute Gasteiger partial charge is 0.274 e. The summed E-state index contributed by atoms with van der Waals surface area (Å²) in [6.45, 7) is 6.02. The van der Waals surface area contributed by atoms with Crippen molar-refractivity contribution in [2.75, 3.05) is 23.3 Å². The molecular formula is C17H20N4O. The van der Waals surface area contributed by atoms with Crippen LogP contribution in [0.1, 0.15) is 34.5 Å². The van der Waals surface area contributed by atoms with Crippen LogP contribution in [0.3, 0.4) is 0 Å². The molecule has 0 bridgehead atoms. The highest BCUT2D eigenvalue weighted by molar-refractivity contribution is 6.03. The van der Waals surface area contributed by atoms with E-state index in [9.17, 15) is 4.79 Å². The summed E-state index contributed by atoms with van der Waals surface area (Å²) in [5.74, 6) is 0.634. The molecule has 2 heterocycles. The van der Waals surface area contributed by atoms with Gasteiger partial charge in [-0.25, -0.2) is 9.97 Å². The van der Waals surface area contributed by atoms with Gasteiger partial charge in [0.15, 0.2) is 0 Å². The Morgan fingerprint density at radius 3 is 2.73 bits per heavy atom. The summed E-state index contributed by atoms with van der Waals surface area (Å²) in [5, 5.41) is 2.94. The van der Waals surface area contributed by atoms with Crippen LogP contribution in [-0.2, 0) is 0 Å². The number of nitrogens with zero attached hydrogens (tertiary/aromatic N) is 3. The number of anilines is 2. The molecule has 2 aromatic rings. The highest BCUT2D eigenvalue weighted by Gasteiger charge is 2.16. The van der Waals surface area contributed by atoms with Crippen molar-refractivity contribution in [2.45, 2.75) is 26.7 Å². The molecule has 0 radical (unpaired) electrons. The minimum atomic E-state index is -0.198. The minimum absolute atomic E-state index is 0.198. The summed E-state index contributed by atoms with van der Waals surface area (Å²) in [7, 11) is 0. The summed E-state index contributed by atoms with van der Waals surface area (Å²) >= 11 is 0. The van der Waals surface area contributed by atoms with Gasteiger partial charge in [0.2, 0.25) is 0 Å². The largest absolute Gasteiger partial charge is 0.357 e. The van der Waals surface area contributed by atoms with E-state index in [1.54, 1.807) is 6.07 Å². The third kappa shape index (κ3) is 2.93. The van der Waals surface area contributed by atoms with Crippen molar-refractivity contribution in [3.8, 4) is 0 Å². The molecule has 1 aliphatic heterocycles. The molecule has 1 aliphatic rings. The van der Waals surface area contributed by atoms with Crippen LogP contribution < -0.4 is 10.2 Å². The Labute approximate surface area is 130 Å². The molecule has 1 fully saturated rings. The Kier molecular flexibility index (Phi) is 4.04. The van der Waals surface area contributed by atoms with Crippen molar-refractivity contribution < 1.29 is 4.79 Å². The molecule has 0 aliphatic carbocycles. The second kappa shape index (κ2) is 6.13. The average Bonchev–Trinajstić information content (AvgIpc) is 3.06. The molecule has 1 amide bonds. The first-order valence-electron chi connectivity index (χ1n) is 7.60. The summed E-state index contributed by atoms with van der Waals surface area (Å²) in [6, 6.07) is 7.64. The Bertz CT molecular complexity index is 693. The first kappa shape index (κ1) is 14.5. The fraction of sp³-hybridized carbons (Fsp3) is 0.353. The van der Waals surface area contributed by atoms with Crippen LogP contribution in [0.25, 0.3) is 0 Å². The van der Waals surface area contributed by atoms with Gasteiger partial charge in [-0.3, -0.25) is 4.79 Å². The highest BCUT2D eigenvalue weighted by atomic mass is 16.1. The number of carbonyl (C=O) groups excluding carboxylic acids is 1. The third-order valence-electron chi connectivity index (χ3n) is 4.17. The highest BCUT2D eigenvalue weighted by Crippen LogP contribution is 2.20. The maximum atomic E-state index is 12.4. The fourth-order valence-corrected chi connectivity index (χ4v) is 2.66. The van der Waals surface area contributed by atoms with Crippen LogP contribution in [-0.4, -0.2) is 29.0 Å². The molecule has 3 rings (SSSR count). The van der Waals surface area contributed by atoms with Crippen LogP contribution in [0, 0.1) is 13.8 Å². The molecule has 0 spiro atoms. The topological polar surface area (TPSA) is 58.1 Å². The number of hydrogen-bond acceptors (Lipinski definition) is 4. The number of hydrogen-bond donors (Lipinski definition) is 1. The Morgan fingerprint density at radius 1 is 1.18 bits per heavy atom. The van der Waals surface area contributed by atoms with E-state index in [4.69, 9.17) is 0 Å². The molecule has 0 atom stereocenters. The molecule has 5 heteroatoms. The number of benzene rings is 1. The second-order valence-corrected chi connectivity index (χ2v) is 5.66. The van der Waals surface area contributed by atoms with E-state index >= 15 is 0 Å². The molecule has 114 valence electrons. The zero-order valence-corrected chi connectivity index (χ0v) is 13.0. The Balaban J connectivity index is 1.80. The van der Waals surface area contributed by atoms with Crippen molar-refractivity contribution in [3.63, 3.8) is 0 Å². The standard InChI is InChI=1S/C17H20N4O/c1-12-6-5-7-14(13(12)2)20-17(22)15-10-16(19-11-18-15)21-8-3-4-9-21/h5-7,10-11H,3-4,8-9H2,1-2H3,(H,20,22). The van der Waals surface area contributed by atoms with Gasteiger partial charge in [-0.05, 0) is 43.9 Å². The van der Waals surface area contributed by atoms with Gasteiger partial charge < -0.3 is 10.2 Å². The Hall–Kier alpha value is -2.43. The summed E-state index contributed by atoms with van der Waals surface area (Å²) in [4.78, 5) is 23.0. The SMILES string of the molecule is Cc1cccc(NC(=O)c2cc(N3CCCC3)ncn2)c1C. The zero-order valence-electron chi connectivity index (χ0n) is 13.0. The normalized spacial score (nSPS) is 14.2. The van der Waals surface area contributed by atoms with Crippen LogP contribution in [0.15, 0.2) is 30.6 Å². The molecule has 0 unspecified atom stereocenters. The molecule has 1 aromatic carbocycles. The summed E-state index contributed by atoms with van der Waals surface area (Å²) in [6.07, 6.45) is 3.81. The zero-order chi connectivity index (χ0) is 15.5. The molecule has 1 saturated heterocycles. The van der Waals surface area contributed by atoms with Gasteiger partial charge in [0.05, 0.1) is 0 Å². The van der Waals surface area contributed by atoms with Crippen LogP contribution in [0.4, 0.5) is 11.5 Å². The van der Waals surface area contributed by atoms with Crippen LogP contribution in [0.2, 0.25) is 0 Å². The fourth-order valence-electron chi connectivity index (χ4n) is 2.66. The number of nitrogens with one attached hydrogen (secondary N) is 1. The quantitative estimate of drug-likeness (QED) is 0.946. The van der Waals surface area contributed by atoms with E-state index in [0.717, 1.165) is 35.7 Å². The number of carbonyl (C=O) groups is 1.